The van der Waals surface area contributed by atoms with Crippen molar-refractivity contribution in [1.82, 2.24) is 14.8 Å². The summed E-state index contributed by atoms with van der Waals surface area (Å²) in [6.07, 6.45) is -3.22. The van der Waals surface area contributed by atoms with Gasteiger partial charge in [-0.05, 0) is 72.9 Å². The van der Waals surface area contributed by atoms with Crippen molar-refractivity contribution < 1.29 is 31.8 Å². The van der Waals surface area contributed by atoms with Gasteiger partial charge in [0.05, 0.1) is 12.8 Å². The molecule has 0 aliphatic carbocycles. The lowest BCUT2D eigenvalue weighted by atomic mass is 9.99. The van der Waals surface area contributed by atoms with Gasteiger partial charge < -0.3 is 14.4 Å². The molecule has 1 aliphatic heterocycles. The molecule has 2 unspecified atom stereocenters. The second kappa shape index (κ2) is 14.4. The lowest BCUT2D eigenvalue weighted by Crippen LogP contribution is -2.42. The molecule has 0 bridgehead atoms. The minimum Gasteiger partial charge on any atom is -0.497 e. The second-order valence-corrected chi connectivity index (χ2v) is 12.0. The molecule has 1 aromatic heterocycles. The monoisotopic (exact) mass is 668 g/mol. The highest BCUT2D eigenvalue weighted by Crippen LogP contribution is 2.37. The molecule has 4 aromatic rings. The fourth-order valence-corrected chi connectivity index (χ4v) is 6.14. The number of hydrogen-bond acceptors (Lipinski definition) is 6. The van der Waals surface area contributed by atoms with Crippen molar-refractivity contribution in [3.05, 3.63) is 84.2 Å². The molecule has 0 saturated carbocycles. The largest absolute Gasteiger partial charge is 0.573 e. The van der Waals surface area contributed by atoms with Crippen molar-refractivity contribution in [2.45, 2.75) is 51.7 Å². The fourth-order valence-electron chi connectivity index (χ4n) is 4.94. The zero-order valence-corrected chi connectivity index (χ0v) is 26.8. The van der Waals surface area contributed by atoms with Crippen LogP contribution in [-0.4, -0.2) is 57.4 Å². The van der Waals surface area contributed by atoms with E-state index in [1.54, 1.807) is 19.2 Å². The molecule has 246 valence electrons. The molecule has 2 heterocycles. The van der Waals surface area contributed by atoms with E-state index in [0.29, 0.717) is 22.2 Å². The number of urea groups is 1. The van der Waals surface area contributed by atoms with Crippen molar-refractivity contribution in [3.63, 3.8) is 0 Å². The predicted octanol–water partition coefficient (Wildman–Crippen LogP) is 8.55. The van der Waals surface area contributed by atoms with Crippen LogP contribution in [0.1, 0.15) is 50.4 Å². The number of amides is 2. The molecule has 1 saturated heterocycles. The average Bonchev–Trinajstić information content (AvgIpc) is 3.54. The van der Waals surface area contributed by atoms with Crippen molar-refractivity contribution in [2.75, 3.05) is 17.8 Å². The van der Waals surface area contributed by atoms with E-state index in [4.69, 9.17) is 4.74 Å². The molecule has 47 heavy (non-hydrogen) atoms. The first kappa shape index (κ1) is 33.6. The van der Waals surface area contributed by atoms with Crippen molar-refractivity contribution in [2.24, 2.45) is 9.98 Å². The molecule has 2 atom stereocenters. The SMILES string of the molecule is COc1ccc(N2C(=NC(=O)N=CC(F)c3ccc(-c4ncn(-c5ccc(OC(F)(F)F)cc5)n4)cc3)SCCC2C)c(C(C)C)c1. The first-order chi connectivity index (χ1) is 22.4. The van der Waals surface area contributed by atoms with Crippen LogP contribution in [0.3, 0.4) is 0 Å². The van der Waals surface area contributed by atoms with Gasteiger partial charge in [0.25, 0.3) is 0 Å². The minimum atomic E-state index is -4.78. The number of rotatable bonds is 8. The minimum absolute atomic E-state index is 0.0874. The van der Waals surface area contributed by atoms with Crippen LogP contribution in [0.25, 0.3) is 17.1 Å². The molecule has 0 radical (unpaired) electrons. The van der Waals surface area contributed by atoms with Gasteiger partial charge in [0.2, 0.25) is 0 Å². The van der Waals surface area contributed by atoms with E-state index in [2.05, 4.69) is 45.6 Å². The zero-order chi connectivity index (χ0) is 33.7. The Labute approximate surface area is 273 Å². The Morgan fingerprint density at radius 3 is 2.43 bits per heavy atom. The number of benzene rings is 3. The van der Waals surface area contributed by atoms with Crippen LogP contribution < -0.4 is 14.4 Å². The molecule has 14 heteroatoms. The molecule has 5 rings (SSSR count). The fraction of sp³-hybridized carbons (Fsp3) is 0.303. The van der Waals surface area contributed by atoms with Gasteiger partial charge in [0.1, 0.15) is 17.8 Å². The Kier molecular flexibility index (Phi) is 10.3. The van der Waals surface area contributed by atoms with E-state index in [0.717, 1.165) is 35.4 Å². The van der Waals surface area contributed by atoms with E-state index in [-0.39, 0.29) is 23.3 Å². The maximum atomic E-state index is 15.1. The molecule has 1 aliphatic rings. The number of hydrogen-bond donors (Lipinski definition) is 0. The van der Waals surface area contributed by atoms with Gasteiger partial charge in [-0.15, -0.1) is 18.3 Å². The number of alkyl halides is 4. The first-order valence-electron chi connectivity index (χ1n) is 14.7. The molecular weight excluding hydrogens is 636 g/mol. The van der Waals surface area contributed by atoms with E-state index in [1.807, 2.05) is 23.1 Å². The third kappa shape index (κ3) is 8.36. The third-order valence-corrected chi connectivity index (χ3v) is 8.34. The Hall–Kier alpha value is -4.72. The maximum absolute atomic E-state index is 15.1. The summed E-state index contributed by atoms with van der Waals surface area (Å²) in [5.74, 6) is 1.70. The normalized spacial score (nSPS) is 17.0. The highest BCUT2D eigenvalue weighted by atomic mass is 32.2. The second-order valence-electron chi connectivity index (χ2n) is 11.0. The summed E-state index contributed by atoms with van der Waals surface area (Å²) in [5.41, 5.74) is 3.31. The van der Waals surface area contributed by atoms with Crippen LogP contribution in [0.5, 0.6) is 11.5 Å². The summed E-state index contributed by atoms with van der Waals surface area (Å²) in [6.45, 7) is 6.26. The van der Waals surface area contributed by atoms with E-state index >= 15 is 4.39 Å². The lowest BCUT2D eigenvalue weighted by Gasteiger charge is -2.37. The van der Waals surface area contributed by atoms with Crippen LogP contribution in [0.15, 0.2) is 83.0 Å². The first-order valence-corrected chi connectivity index (χ1v) is 15.7. The summed E-state index contributed by atoms with van der Waals surface area (Å²) in [7, 11) is 1.62. The number of aromatic nitrogens is 3. The number of carbonyl (C=O) groups excluding carboxylic acids is 1. The van der Waals surface area contributed by atoms with Crippen molar-refractivity contribution in [3.8, 4) is 28.6 Å². The summed E-state index contributed by atoms with van der Waals surface area (Å²) in [5, 5.41) is 4.86. The molecule has 1 fully saturated rings. The molecular formula is C33H32F4N6O3S. The molecule has 3 aromatic carbocycles. The van der Waals surface area contributed by atoms with E-state index in [9.17, 15) is 18.0 Å². The zero-order valence-electron chi connectivity index (χ0n) is 26.0. The van der Waals surface area contributed by atoms with Crippen LogP contribution in [0.4, 0.5) is 28.0 Å². The topological polar surface area (TPSA) is 94.2 Å². The number of thioether (sulfide) groups is 1. The van der Waals surface area contributed by atoms with Gasteiger partial charge in [0, 0.05) is 29.3 Å². The number of ether oxygens (including phenoxy) is 2. The Balaban J connectivity index is 1.26. The van der Waals surface area contributed by atoms with Gasteiger partial charge in [-0.2, -0.15) is 4.99 Å². The average molecular weight is 669 g/mol. The number of aliphatic imine (C=N–C) groups is 2. The Morgan fingerprint density at radius 1 is 1.06 bits per heavy atom. The number of amidine groups is 1. The molecule has 0 spiro atoms. The van der Waals surface area contributed by atoms with Gasteiger partial charge in [0.15, 0.2) is 17.2 Å². The highest BCUT2D eigenvalue weighted by Gasteiger charge is 2.31. The Morgan fingerprint density at radius 2 is 1.77 bits per heavy atom. The number of methoxy groups -OCH3 is 1. The molecule has 0 N–H and O–H groups in total. The van der Waals surface area contributed by atoms with Crippen LogP contribution >= 0.6 is 11.8 Å². The quantitative estimate of drug-likeness (QED) is 0.137. The Bertz CT molecular complexity index is 1760. The van der Waals surface area contributed by atoms with Gasteiger partial charge >= 0.3 is 12.4 Å². The number of carbonyl (C=O) groups is 1. The van der Waals surface area contributed by atoms with Crippen molar-refractivity contribution >= 4 is 34.9 Å². The van der Waals surface area contributed by atoms with Gasteiger partial charge in [-0.1, -0.05) is 49.9 Å². The van der Waals surface area contributed by atoms with E-state index < -0.39 is 18.6 Å². The van der Waals surface area contributed by atoms with Crippen LogP contribution in [0.2, 0.25) is 0 Å². The van der Waals surface area contributed by atoms with Crippen molar-refractivity contribution in [1.29, 1.82) is 0 Å². The molecule has 9 nitrogen and oxygen atoms in total. The number of halogens is 4. The summed E-state index contributed by atoms with van der Waals surface area (Å²) < 4.78 is 63.1. The van der Waals surface area contributed by atoms with Gasteiger partial charge in [-0.3, -0.25) is 0 Å². The number of anilines is 1. The van der Waals surface area contributed by atoms with Gasteiger partial charge in [-0.25, -0.2) is 23.8 Å². The predicted molar refractivity (Wildman–Crippen MR) is 175 cm³/mol. The summed E-state index contributed by atoms with van der Waals surface area (Å²) >= 11 is 1.46. The highest BCUT2D eigenvalue weighted by molar-refractivity contribution is 8.14. The summed E-state index contributed by atoms with van der Waals surface area (Å²) in [4.78, 5) is 27.1. The van der Waals surface area contributed by atoms with E-state index in [1.165, 1.54) is 59.2 Å². The maximum Gasteiger partial charge on any atom is 0.573 e. The smallest absolute Gasteiger partial charge is 0.497 e. The standard InChI is InChI=1S/C33H32F4N6O3S/c1-20(2)27-17-26(45-4)13-14-29(27)43-21(3)15-16-47-32(43)40-31(44)38-18-28(34)22-5-7-23(8-6-22)30-39-19-42(41-30)24-9-11-25(12-10-24)46-33(35,36)37/h5-14,17-21,28H,15-16H2,1-4H3. The number of nitrogens with zero attached hydrogens (tertiary/aromatic N) is 6. The van der Waals surface area contributed by atoms with Crippen LogP contribution in [0, 0.1) is 0 Å². The molecule has 2 amide bonds. The summed E-state index contributed by atoms with van der Waals surface area (Å²) in [6, 6.07) is 16.6. The lowest BCUT2D eigenvalue weighted by molar-refractivity contribution is -0.274. The third-order valence-electron chi connectivity index (χ3n) is 7.35. The van der Waals surface area contributed by atoms with Crippen LogP contribution in [-0.2, 0) is 0 Å².